The van der Waals surface area contributed by atoms with Crippen LogP contribution in [0, 0.1) is 6.92 Å². The molecule has 0 fully saturated rings. The number of benzene rings is 1. The van der Waals surface area contributed by atoms with Gasteiger partial charge in [-0.25, -0.2) is 0 Å². The molecule has 0 aliphatic heterocycles. The SMILES string of the molecule is Cc1cc(C(=O)NCCBr)ccc1O. The lowest BCUT2D eigenvalue weighted by Crippen LogP contribution is -2.25. The minimum absolute atomic E-state index is 0.118. The molecule has 1 rings (SSSR count). The predicted molar refractivity (Wildman–Crippen MR) is 59.0 cm³/mol. The van der Waals surface area contributed by atoms with E-state index in [0.29, 0.717) is 17.7 Å². The highest BCUT2D eigenvalue weighted by molar-refractivity contribution is 9.09. The molecule has 0 atom stereocenters. The maximum Gasteiger partial charge on any atom is 0.251 e. The van der Waals surface area contributed by atoms with Crippen LogP contribution in [0.2, 0.25) is 0 Å². The molecule has 1 aromatic carbocycles. The predicted octanol–water partition coefficient (Wildman–Crippen LogP) is 1.83. The van der Waals surface area contributed by atoms with Crippen molar-refractivity contribution in [2.75, 3.05) is 11.9 Å². The number of carbonyl (C=O) groups excluding carboxylic acids is 1. The van der Waals surface area contributed by atoms with E-state index >= 15 is 0 Å². The van der Waals surface area contributed by atoms with Gasteiger partial charge in [0.2, 0.25) is 0 Å². The zero-order chi connectivity index (χ0) is 10.6. The van der Waals surface area contributed by atoms with Crippen LogP contribution in [0.5, 0.6) is 5.75 Å². The first-order valence-electron chi connectivity index (χ1n) is 4.29. The van der Waals surface area contributed by atoms with Gasteiger partial charge < -0.3 is 10.4 Å². The van der Waals surface area contributed by atoms with E-state index in [1.54, 1.807) is 19.1 Å². The van der Waals surface area contributed by atoms with Crippen molar-refractivity contribution in [2.24, 2.45) is 0 Å². The lowest BCUT2D eigenvalue weighted by Gasteiger charge is -2.04. The molecule has 0 aliphatic rings. The number of aromatic hydroxyl groups is 1. The van der Waals surface area contributed by atoms with Gasteiger partial charge in [-0.3, -0.25) is 4.79 Å². The van der Waals surface area contributed by atoms with E-state index in [1.807, 2.05) is 0 Å². The molecule has 1 amide bonds. The minimum atomic E-state index is -0.118. The topological polar surface area (TPSA) is 49.3 Å². The molecule has 3 nitrogen and oxygen atoms in total. The monoisotopic (exact) mass is 257 g/mol. The van der Waals surface area contributed by atoms with E-state index in [4.69, 9.17) is 0 Å². The summed E-state index contributed by atoms with van der Waals surface area (Å²) >= 11 is 3.22. The smallest absolute Gasteiger partial charge is 0.251 e. The summed E-state index contributed by atoms with van der Waals surface area (Å²) < 4.78 is 0. The molecular formula is C10H12BrNO2. The number of hydrogen-bond donors (Lipinski definition) is 2. The average Bonchev–Trinajstić information content (AvgIpc) is 2.18. The second-order valence-electron chi connectivity index (χ2n) is 2.95. The van der Waals surface area contributed by atoms with Crippen molar-refractivity contribution in [1.29, 1.82) is 0 Å². The van der Waals surface area contributed by atoms with E-state index in [2.05, 4.69) is 21.2 Å². The summed E-state index contributed by atoms with van der Waals surface area (Å²) in [5, 5.41) is 12.7. The van der Waals surface area contributed by atoms with Crippen molar-refractivity contribution in [3.8, 4) is 5.75 Å². The standard InChI is InChI=1S/C10H12BrNO2/c1-7-6-8(2-3-9(7)13)10(14)12-5-4-11/h2-3,6,13H,4-5H2,1H3,(H,12,14). The van der Waals surface area contributed by atoms with E-state index < -0.39 is 0 Å². The lowest BCUT2D eigenvalue weighted by atomic mass is 10.1. The van der Waals surface area contributed by atoms with Crippen LogP contribution in [-0.2, 0) is 0 Å². The number of hydrogen-bond acceptors (Lipinski definition) is 2. The van der Waals surface area contributed by atoms with Gasteiger partial charge in [-0.1, -0.05) is 15.9 Å². The summed E-state index contributed by atoms with van der Waals surface area (Å²) in [6, 6.07) is 4.79. The molecule has 0 saturated heterocycles. The molecule has 0 unspecified atom stereocenters. The summed E-state index contributed by atoms with van der Waals surface area (Å²) in [5.41, 5.74) is 1.28. The number of phenols is 1. The van der Waals surface area contributed by atoms with E-state index in [-0.39, 0.29) is 11.7 Å². The Morgan fingerprint density at radius 2 is 2.29 bits per heavy atom. The second-order valence-corrected chi connectivity index (χ2v) is 3.74. The highest BCUT2D eigenvalue weighted by atomic mass is 79.9. The highest BCUT2D eigenvalue weighted by Gasteiger charge is 2.05. The molecule has 0 aromatic heterocycles. The third kappa shape index (κ3) is 2.73. The average molecular weight is 258 g/mol. The summed E-state index contributed by atoms with van der Waals surface area (Å²) in [4.78, 5) is 11.5. The van der Waals surface area contributed by atoms with Crippen molar-refractivity contribution >= 4 is 21.8 Å². The maximum atomic E-state index is 11.5. The Hall–Kier alpha value is -1.03. The molecule has 0 aliphatic carbocycles. The van der Waals surface area contributed by atoms with Crippen LogP contribution in [0.15, 0.2) is 18.2 Å². The number of nitrogens with one attached hydrogen (secondary N) is 1. The molecule has 14 heavy (non-hydrogen) atoms. The largest absolute Gasteiger partial charge is 0.508 e. The van der Waals surface area contributed by atoms with Gasteiger partial charge in [0, 0.05) is 17.4 Å². The first kappa shape index (κ1) is 11.0. The first-order chi connectivity index (χ1) is 6.65. The van der Waals surface area contributed by atoms with Crippen molar-refractivity contribution in [2.45, 2.75) is 6.92 Å². The number of alkyl halides is 1. The van der Waals surface area contributed by atoms with Crippen LogP contribution >= 0.6 is 15.9 Å². The van der Waals surface area contributed by atoms with E-state index in [1.165, 1.54) is 6.07 Å². The fourth-order valence-electron chi connectivity index (χ4n) is 1.06. The second kappa shape index (κ2) is 5.00. The number of carbonyl (C=O) groups is 1. The van der Waals surface area contributed by atoms with Crippen LogP contribution in [0.1, 0.15) is 15.9 Å². The normalized spacial score (nSPS) is 9.86. The van der Waals surface area contributed by atoms with Gasteiger partial charge in [-0.2, -0.15) is 0 Å². The highest BCUT2D eigenvalue weighted by Crippen LogP contribution is 2.16. The van der Waals surface area contributed by atoms with Gasteiger partial charge in [-0.15, -0.1) is 0 Å². The van der Waals surface area contributed by atoms with Crippen molar-refractivity contribution < 1.29 is 9.90 Å². The Kier molecular flexibility index (Phi) is 3.95. The summed E-state index contributed by atoms with van der Waals surface area (Å²) in [7, 11) is 0. The third-order valence-corrected chi connectivity index (χ3v) is 2.24. The molecule has 0 heterocycles. The van der Waals surface area contributed by atoms with Gasteiger partial charge >= 0.3 is 0 Å². The fraction of sp³-hybridized carbons (Fsp3) is 0.300. The Morgan fingerprint density at radius 3 is 2.86 bits per heavy atom. The van der Waals surface area contributed by atoms with Gasteiger partial charge in [0.1, 0.15) is 5.75 Å². The van der Waals surface area contributed by atoms with Crippen LogP contribution in [0.3, 0.4) is 0 Å². The first-order valence-corrected chi connectivity index (χ1v) is 5.41. The van der Waals surface area contributed by atoms with Crippen molar-refractivity contribution in [1.82, 2.24) is 5.32 Å². The van der Waals surface area contributed by atoms with Crippen LogP contribution in [0.25, 0.3) is 0 Å². The van der Waals surface area contributed by atoms with Crippen LogP contribution in [-0.4, -0.2) is 22.9 Å². The molecule has 4 heteroatoms. The molecule has 0 saturated carbocycles. The quantitative estimate of drug-likeness (QED) is 0.812. The minimum Gasteiger partial charge on any atom is -0.508 e. The molecule has 0 radical (unpaired) electrons. The Balaban J connectivity index is 2.76. The maximum absolute atomic E-state index is 11.5. The van der Waals surface area contributed by atoms with E-state index in [0.717, 1.165) is 5.33 Å². The van der Waals surface area contributed by atoms with Crippen LogP contribution in [0.4, 0.5) is 0 Å². The summed E-state index contributed by atoms with van der Waals surface area (Å²) in [5.74, 6) is 0.0922. The Bertz CT molecular complexity index is 339. The number of amides is 1. The molecular weight excluding hydrogens is 246 g/mol. The molecule has 0 bridgehead atoms. The van der Waals surface area contributed by atoms with Gasteiger partial charge in [0.05, 0.1) is 0 Å². The molecule has 0 spiro atoms. The van der Waals surface area contributed by atoms with Crippen LogP contribution < -0.4 is 5.32 Å². The summed E-state index contributed by atoms with van der Waals surface area (Å²) in [6.45, 7) is 2.36. The van der Waals surface area contributed by atoms with Gasteiger partial charge in [-0.05, 0) is 30.7 Å². The third-order valence-electron chi connectivity index (χ3n) is 1.84. The van der Waals surface area contributed by atoms with Gasteiger partial charge in [0.25, 0.3) is 5.91 Å². The zero-order valence-corrected chi connectivity index (χ0v) is 9.47. The summed E-state index contributed by atoms with van der Waals surface area (Å²) in [6.07, 6.45) is 0. The number of phenolic OH excluding ortho intramolecular Hbond substituents is 1. The van der Waals surface area contributed by atoms with E-state index in [9.17, 15) is 9.90 Å². The number of aryl methyl sites for hydroxylation is 1. The van der Waals surface area contributed by atoms with Crippen molar-refractivity contribution in [3.05, 3.63) is 29.3 Å². The van der Waals surface area contributed by atoms with Gasteiger partial charge in [0.15, 0.2) is 0 Å². The molecule has 1 aromatic rings. The molecule has 2 N–H and O–H groups in total. The fourth-order valence-corrected chi connectivity index (χ4v) is 1.26. The Morgan fingerprint density at radius 1 is 1.57 bits per heavy atom. The zero-order valence-electron chi connectivity index (χ0n) is 7.88. The Labute approximate surface area is 91.3 Å². The molecule has 76 valence electrons. The number of halogens is 1. The lowest BCUT2D eigenvalue weighted by molar-refractivity contribution is 0.0956. The van der Waals surface area contributed by atoms with Crippen molar-refractivity contribution in [3.63, 3.8) is 0 Å². The number of rotatable bonds is 3.